The van der Waals surface area contributed by atoms with Crippen molar-refractivity contribution in [2.75, 3.05) is 26.0 Å². The Hall–Kier alpha value is -0.390. The Bertz CT molecular complexity index is 490. The highest BCUT2D eigenvalue weighted by Gasteiger charge is 2.33. The second kappa shape index (κ2) is 5.94. The molecule has 0 aliphatic carbocycles. The fourth-order valence-electron chi connectivity index (χ4n) is 2.40. The number of hydrogen-bond donors (Lipinski definition) is 0. The van der Waals surface area contributed by atoms with Gasteiger partial charge in [0.2, 0.25) is 0 Å². The second-order valence-electron chi connectivity index (χ2n) is 5.48. The maximum Gasteiger partial charge on any atom is 0.124 e. The van der Waals surface area contributed by atoms with Gasteiger partial charge in [-0.1, -0.05) is 22.0 Å². The Morgan fingerprint density at radius 1 is 1.47 bits per heavy atom. The third-order valence-electron chi connectivity index (χ3n) is 3.46. The van der Waals surface area contributed by atoms with E-state index in [1.807, 2.05) is 12.1 Å². The lowest BCUT2D eigenvalue weighted by Crippen LogP contribution is -2.49. The van der Waals surface area contributed by atoms with Crippen LogP contribution in [-0.2, 0) is 17.3 Å². The van der Waals surface area contributed by atoms with Gasteiger partial charge >= 0.3 is 0 Å². The minimum atomic E-state index is -0.720. The molecule has 1 heterocycles. The van der Waals surface area contributed by atoms with Crippen molar-refractivity contribution in [1.82, 2.24) is 4.90 Å². The molecule has 1 aromatic rings. The van der Waals surface area contributed by atoms with E-state index in [0.29, 0.717) is 0 Å². The first-order valence-corrected chi connectivity index (χ1v) is 8.47. The minimum Gasteiger partial charge on any atom is -0.496 e. The van der Waals surface area contributed by atoms with Crippen LogP contribution in [0.15, 0.2) is 22.7 Å². The quantitative estimate of drug-likeness (QED) is 0.843. The fraction of sp³-hybridized carbons (Fsp3) is 0.571. The van der Waals surface area contributed by atoms with Gasteiger partial charge in [0.05, 0.1) is 11.9 Å². The summed E-state index contributed by atoms with van der Waals surface area (Å²) in [5.74, 6) is 1.66. The standard InChI is InChI=1S/C14H20BrNO2S/c1-14(2)10-16(6-7-19(14)17)9-11-4-5-12(15)8-13(11)18-3/h4-5,8H,6-7,9-10H2,1-3H3/t19-/m0/s1. The zero-order valence-electron chi connectivity index (χ0n) is 11.6. The van der Waals surface area contributed by atoms with Gasteiger partial charge in [-0.3, -0.25) is 9.11 Å². The monoisotopic (exact) mass is 345 g/mol. The molecule has 0 bridgehead atoms. The van der Waals surface area contributed by atoms with Crippen molar-refractivity contribution in [3.05, 3.63) is 28.2 Å². The number of hydrogen-bond acceptors (Lipinski definition) is 3. The molecule has 2 rings (SSSR count). The molecular formula is C14H20BrNO2S. The van der Waals surface area contributed by atoms with Gasteiger partial charge in [-0.25, -0.2) is 0 Å². The SMILES string of the molecule is COc1cc(Br)ccc1CN1CC[S@](=O)C(C)(C)C1. The number of nitrogens with zero attached hydrogens (tertiary/aromatic N) is 1. The maximum atomic E-state index is 11.9. The molecule has 1 fully saturated rings. The summed E-state index contributed by atoms with van der Waals surface area (Å²) in [5, 5.41) is 0. The maximum absolute atomic E-state index is 11.9. The van der Waals surface area contributed by atoms with E-state index in [2.05, 4.69) is 40.7 Å². The molecule has 0 radical (unpaired) electrons. The topological polar surface area (TPSA) is 29.5 Å². The average molecular weight is 346 g/mol. The van der Waals surface area contributed by atoms with Gasteiger partial charge in [0.15, 0.2) is 0 Å². The van der Waals surface area contributed by atoms with Crippen LogP contribution in [0.1, 0.15) is 19.4 Å². The van der Waals surface area contributed by atoms with Crippen LogP contribution in [0.5, 0.6) is 5.75 Å². The summed E-state index contributed by atoms with van der Waals surface area (Å²) in [6.07, 6.45) is 0. The molecule has 1 aromatic carbocycles. The molecule has 0 amide bonds. The Labute approximate surface area is 125 Å². The number of halogens is 1. The predicted octanol–water partition coefficient (Wildman–Crippen LogP) is 2.80. The lowest BCUT2D eigenvalue weighted by Gasteiger charge is -2.37. The Kier molecular flexibility index (Phi) is 4.69. The summed E-state index contributed by atoms with van der Waals surface area (Å²) in [5.41, 5.74) is 1.18. The van der Waals surface area contributed by atoms with Crippen molar-refractivity contribution in [2.24, 2.45) is 0 Å². The summed E-state index contributed by atoms with van der Waals surface area (Å²) in [7, 11) is 0.974. The Balaban J connectivity index is 2.12. The third kappa shape index (κ3) is 3.58. The molecule has 3 nitrogen and oxygen atoms in total. The van der Waals surface area contributed by atoms with E-state index in [0.717, 1.165) is 35.6 Å². The Morgan fingerprint density at radius 2 is 2.21 bits per heavy atom. The van der Waals surface area contributed by atoms with Gasteiger partial charge in [0.25, 0.3) is 0 Å². The third-order valence-corrected chi connectivity index (χ3v) is 5.87. The van der Waals surface area contributed by atoms with Crippen LogP contribution >= 0.6 is 15.9 Å². The van der Waals surface area contributed by atoms with Crippen molar-refractivity contribution in [3.8, 4) is 5.75 Å². The van der Waals surface area contributed by atoms with Crippen LogP contribution < -0.4 is 4.74 Å². The number of methoxy groups -OCH3 is 1. The largest absolute Gasteiger partial charge is 0.496 e. The fourth-order valence-corrected chi connectivity index (χ4v) is 4.05. The van der Waals surface area contributed by atoms with Crippen molar-refractivity contribution in [1.29, 1.82) is 0 Å². The smallest absolute Gasteiger partial charge is 0.124 e. The van der Waals surface area contributed by atoms with E-state index >= 15 is 0 Å². The number of ether oxygens (including phenoxy) is 1. The van der Waals surface area contributed by atoms with E-state index in [1.54, 1.807) is 7.11 Å². The summed E-state index contributed by atoms with van der Waals surface area (Å²) in [4.78, 5) is 2.35. The molecule has 0 unspecified atom stereocenters. The van der Waals surface area contributed by atoms with Crippen molar-refractivity contribution < 1.29 is 8.95 Å². The normalized spacial score (nSPS) is 23.3. The average Bonchev–Trinajstić information content (AvgIpc) is 2.35. The number of benzene rings is 1. The molecule has 19 heavy (non-hydrogen) atoms. The predicted molar refractivity (Wildman–Crippen MR) is 83.1 cm³/mol. The zero-order valence-corrected chi connectivity index (χ0v) is 14.0. The van der Waals surface area contributed by atoms with Crippen LogP contribution in [0.3, 0.4) is 0 Å². The lowest BCUT2D eigenvalue weighted by molar-refractivity contribution is 0.244. The molecule has 106 valence electrons. The Morgan fingerprint density at radius 3 is 2.84 bits per heavy atom. The van der Waals surface area contributed by atoms with Crippen LogP contribution in [0.4, 0.5) is 0 Å². The molecule has 0 N–H and O–H groups in total. The first-order chi connectivity index (χ1) is 8.92. The minimum absolute atomic E-state index is 0.124. The van der Waals surface area contributed by atoms with E-state index in [9.17, 15) is 4.21 Å². The first-order valence-electron chi connectivity index (χ1n) is 6.35. The van der Waals surface area contributed by atoms with E-state index in [-0.39, 0.29) is 4.75 Å². The highest BCUT2D eigenvalue weighted by molar-refractivity contribution is 9.10. The summed E-state index contributed by atoms with van der Waals surface area (Å²) < 4.78 is 18.3. The van der Waals surface area contributed by atoms with Crippen LogP contribution in [0.2, 0.25) is 0 Å². The lowest BCUT2D eigenvalue weighted by atomic mass is 10.1. The van der Waals surface area contributed by atoms with E-state index < -0.39 is 10.8 Å². The molecule has 1 atom stereocenters. The van der Waals surface area contributed by atoms with Gasteiger partial charge in [0, 0.05) is 46.2 Å². The summed E-state index contributed by atoms with van der Waals surface area (Å²) >= 11 is 3.45. The molecule has 1 aliphatic rings. The van der Waals surface area contributed by atoms with Crippen LogP contribution in [-0.4, -0.2) is 39.8 Å². The van der Waals surface area contributed by atoms with Crippen LogP contribution in [0, 0.1) is 0 Å². The van der Waals surface area contributed by atoms with Gasteiger partial charge in [-0.05, 0) is 26.0 Å². The molecule has 1 saturated heterocycles. The molecule has 0 spiro atoms. The number of rotatable bonds is 3. The van der Waals surface area contributed by atoms with E-state index in [1.165, 1.54) is 5.56 Å². The van der Waals surface area contributed by atoms with Gasteiger partial charge in [0.1, 0.15) is 5.75 Å². The molecule has 0 saturated carbocycles. The molecule has 0 aromatic heterocycles. The summed E-state index contributed by atoms with van der Waals surface area (Å²) in [6, 6.07) is 6.11. The second-order valence-corrected chi connectivity index (χ2v) is 8.60. The molecule has 5 heteroatoms. The zero-order chi connectivity index (χ0) is 14.0. The van der Waals surface area contributed by atoms with Crippen LogP contribution in [0.25, 0.3) is 0 Å². The highest BCUT2D eigenvalue weighted by Crippen LogP contribution is 2.27. The van der Waals surface area contributed by atoms with E-state index in [4.69, 9.17) is 4.74 Å². The molecule has 1 aliphatic heterocycles. The van der Waals surface area contributed by atoms with Gasteiger partial charge in [-0.15, -0.1) is 0 Å². The van der Waals surface area contributed by atoms with Gasteiger partial charge in [-0.2, -0.15) is 0 Å². The highest BCUT2D eigenvalue weighted by atomic mass is 79.9. The van der Waals surface area contributed by atoms with Crippen molar-refractivity contribution in [3.63, 3.8) is 0 Å². The first kappa shape index (κ1) is 15.0. The van der Waals surface area contributed by atoms with Crippen molar-refractivity contribution in [2.45, 2.75) is 25.1 Å². The van der Waals surface area contributed by atoms with Crippen molar-refractivity contribution >= 4 is 26.7 Å². The van der Waals surface area contributed by atoms with Gasteiger partial charge < -0.3 is 4.74 Å². The molecular weight excluding hydrogens is 326 g/mol. The summed E-state index contributed by atoms with van der Waals surface area (Å²) in [6.45, 7) is 6.74.